The van der Waals surface area contributed by atoms with E-state index in [0.717, 1.165) is 19.3 Å². The quantitative estimate of drug-likeness (QED) is 0.784. The van der Waals surface area contributed by atoms with Crippen molar-refractivity contribution in [2.75, 3.05) is 6.54 Å². The van der Waals surface area contributed by atoms with Gasteiger partial charge >= 0.3 is 6.09 Å². The molecule has 1 aliphatic carbocycles. The van der Waals surface area contributed by atoms with Crippen LogP contribution in [0.15, 0.2) is 12.2 Å². The number of ketones is 1. The van der Waals surface area contributed by atoms with E-state index in [4.69, 9.17) is 4.74 Å². The third kappa shape index (κ3) is 3.59. The Bertz CT molecular complexity index is 362. The van der Waals surface area contributed by atoms with Crippen molar-refractivity contribution >= 4 is 11.9 Å². The van der Waals surface area contributed by atoms with Crippen molar-refractivity contribution in [1.29, 1.82) is 0 Å². The summed E-state index contributed by atoms with van der Waals surface area (Å²) in [5.74, 6) is 0.0600. The molecule has 4 nitrogen and oxygen atoms in total. The van der Waals surface area contributed by atoms with Gasteiger partial charge in [-0.05, 0) is 46.1 Å². The summed E-state index contributed by atoms with van der Waals surface area (Å²) >= 11 is 0. The summed E-state index contributed by atoms with van der Waals surface area (Å²) in [6.07, 6.45) is 2.18. The highest BCUT2D eigenvalue weighted by atomic mass is 16.6. The Morgan fingerprint density at radius 1 is 1.33 bits per heavy atom. The molecule has 0 heterocycles. The van der Waals surface area contributed by atoms with E-state index in [2.05, 4.69) is 11.9 Å². The van der Waals surface area contributed by atoms with Crippen molar-refractivity contribution in [3.05, 3.63) is 12.2 Å². The van der Waals surface area contributed by atoms with Gasteiger partial charge in [0.25, 0.3) is 0 Å². The summed E-state index contributed by atoms with van der Waals surface area (Å²) in [5.41, 5.74) is -0.404. The molecule has 1 saturated carbocycles. The molecule has 4 heteroatoms. The molecular weight excluding hydrogens is 230 g/mol. The molecule has 1 amide bonds. The lowest BCUT2D eigenvalue weighted by molar-refractivity contribution is -0.129. The maximum Gasteiger partial charge on any atom is 0.407 e. The van der Waals surface area contributed by atoms with Crippen LogP contribution in [0.25, 0.3) is 0 Å². The Balaban J connectivity index is 2.53. The van der Waals surface area contributed by atoms with Crippen LogP contribution in [0.4, 0.5) is 4.79 Å². The molecule has 0 spiro atoms. The summed E-state index contributed by atoms with van der Waals surface area (Å²) in [7, 11) is 0. The van der Waals surface area contributed by atoms with Gasteiger partial charge in [-0.3, -0.25) is 4.79 Å². The number of nitrogens with one attached hydrogen (secondary N) is 1. The number of hydrogen-bond donors (Lipinski definition) is 1. The Kier molecular flexibility index (Phi) is 4.20. The summed E-state index contributed by atoms with van der Waals surface area (Å²) in [4.78, 5) is 23.6. The molecule has 0 aromatic rings. The van der Waals surface area contributed by atoms with Gasteiger partial charge in [0.2, 0.25) is 0 Å². The summed E-state index contributed by atoms with van der Waals surface area (Å²) in [6, 6.07) is 0. The van der Waals surface area contributed by atoms with E-state index in [1.165, 1.54) is 0 Å². The Morgan fingerprint density at radius 2 is 1.89 bits per heavy atom. The first-order chi connectivity index (χ1) is 8.16. The van der Waals surface area contributed by atoms with Crippen LogP contribution < -0.4 is 5.32 Å². The van der Waals surface area contributed by atoms with Crippen LogP contribution in [-0.2, 0) is 9.53 Å². The number of Topliss-reactive ketones (excluding diaryl/α,β-unsaturated/α-hetero) is 1. The van der Waals surface area contributed by atoms with Crippen molar-refractivity contribution < 1.29 is 14.3 Å². The second kappa shape index (κ2) is 5.12. The molecule has 102 valence electrons. The van der Waals surface area contributed by atoms with Crippen molar-refractivity contribution in [2.45, 2.75) is 52.6 Å². The van der Waals surface area contributed by atoms with Crippen LogP contribution in [0, 0.1) is 5.41 Å². The first-order valence-electron chi connectivity index (χ1n) is 6.33. The lowest BCUT2D eigenvalue weighted by Crippen LogP contribution is -2.48. The monoisotopic (exact) mass is 253 g/mol. The van der Waals surface area contributed by atoms with Gasteiger partial charge in [-0.15, -0.1) is 0 Å². The minimum atomic E-state index is -0.519. The number of hydrogen-bond acceptors (Lipinski definition) is 3. The lowest BCUT2D eigenvalue weighted by atomic mass is 9.64. The Hall–Kier alpha value is -1.32. The fourth-order valence-electron chi connectivity index (χ4n) is 2.10. The van der Waals surface area contributed by atoms with Crippen LogP contribution in [-0.4, -0.2) is 24.0 Å². The Morgan fingerprint density at radius 3 is 2.22 bits per heavy atom. The maximum atomic E-state index is 12.1. The standard InChI is InChI=1S/C14H23NO3/c1-10(2)11(16)14(7-6-8-14)9-15-12(17)18-13(3,4)5/h1,6-9H2,2-5H3,(H,15,17). The number of amides is 1. The predicted molar refractivity (Wildman–Crippen MR) is 70.3 cm³/mol. The molecule has 0 radical (unpaired) electrons. The average Bonchev–Trinajstić information content (AvgIpc) is 2.12. The highest BCUT2D eigenvalue weighted by molar-refractivity contribution is 5.99. The zero-order valence-corrected chi connectivity index (χ0v) is 11.8. The highest BCUT2D eigenvalue weighted by Crippen LogP contribution is 2.42. The third-order valence-electron chi connectivity index (χ3n) is 3.15. The maximum absolute atomic E-state index is 12.1. The fraction of sp³-hybridized carbons (Fsp3) is 0.714. The van der Waals surface area contributed by atoms with E-state index >= 15 is 0 Å². The lowest BCUT2D eigenvalue weighted by Gasteiger charge is -2.40. The van der Waals surface area contributed by atoms with Crippen molar-refractivity contribution in [1.82, 2.24) is 5.32 Å². The van der Waals surface area contributed by atoms with E-state index in [9.17, 15) is 9.59 Å². The van der Waals surface area contributed by atoms with Crippen molar-refractivity contribution in [3.63, 3.8) is 0 Å². The van der Waals surface area contributed by atoms with E-state index in [-0.39, 0.29) is 5.78 Å². The van der Waals surface area contributed by atoms with E-state index in [0.29, 0.717) is 12.1 Å². The largest absolute Gasteiger partial charge is 0.444 e. The molecule has 1 fully saturated rings. The third-order valence-corrected chi connectivity index (χ3v) is 3.15. The molecule has 0 unspecified atom stereocenters. The second-order valence-electron chi connectivity index (χ2n) is 6.10. The SMILES string of the molecule is C=C(C)C(=O)C1(CNC(=O)OC(C)(C)C)CCC1. The topological polar surface area (TPSA) is 55.4 Å². The van der Waals surface area contributed by atoms with E-state index in [1.807, 2.05) is 20.8 Å². The summed E-state index contributed by atoms with van der Waals surface area (Å²) in [6.45, 7) is 11.2. The van der Waals surface area contributed by atoms with Gasteiger partial charge in [0, 0.05) is 6.54 Å². The fourth-order valence-corrected chi connectivity index (χ4v) is 2.10. The zero-order valence-electron chi connectivity index (χ0n) is 11.8. The minimum Gasteiger partial charge on any atom is -0.444 e. The molecule has 0 bridgehead atoms. The molecule has 1 aliphatic rings. The molecule has 0 aromatic carbocycles. The normalized spacial score (nSPS) is 17.6. The molecule has 0 aliphatic heterocycles. The van der Waals surface area contributed by atoms with E-state index in [1.54, 1.807) is 6.92 Å². The van der Waals surface area contributed by atoms with Gasteiger partial charge in [0.05, 0.1) is 5.41 Å². The first-order valence-corrected chi connectivity index (χ1v) is 6.33. The number of allylic oxidation sites excluding steroid dienone is 1. The molecule has 18 heavy (non-hydrogen) atoms. The predicted octanol–water partition coefficient (Wildman–Crippen LogP) is 2.83. The van der Waals surface area contributed by atoms with Crippen LogP contribution in [0.1, 0.15) is 47.0 Å². The molecular formula is C14H23NO3. The number of ether oxygens (including phenoxy) is 1. The van der Waals surface area contributed by atoms with Gasteiger partial charge < -0.3 is 10.1 Å². The summed E-state index contributed by atoms with van der Waals surface area (Å²) in [5, 5.41) is 2.69. The van der Waals surface area contributed by atoms with Gasteiger partial charge in [0.15, 0.2) is 5.78 Å². The highest BCUT2D eigenvalue weighted by Gasteiger charge is 2.44. The molecule has 0 aromatic heterocycles. The van der Waals surface area contributed by atoms with Crippen LogP contribution >= 0.6 is 0 Å². The number of carbonyl (C=O) groups excluding carboxylic acids is 2. The van der Waals surface area contributed by atoms with Gasteiger partial charge in [-0.1, -0.05) is 13.0 Å². The minimum absolute atomic E-state index is 0.0600. The van der Waals surface area contributed by atoms with Crippen LogP contribution in [0.5, 0.6) is 0 Å². The molecule has 1 rings (SSSR count). The van der Waals surface area contributed by atoms with Crippen LogP contribution in [0.2, 0.25) is 0 Å². The smallest absolute Gasteiger partial charge is 0.407 e. The Labute approximate surface area is 109 Å². The number of alkyl carbamates (subject to hydrolysis) is 1. The average molecular weight is 253 g/mol. The first kappa shape index (κ1) is 14.7. The zero-order chi connectivity index (χ0) is 14.0. The molecule has 0 atom stereocenters. The van der Waals surface area contributed by atoms with Crippen molar-refractivity contribution in [3.8, 4) is 0 Å². The second-order valence-corrected chi connectivity index (χ2v) is 6.10. The van der Waals surface area contributed by atoms with Gasteiger partial charge in [-0.25, -0.2) is 4.79 Å². The van der Waals surface area contributed by atoms with Gasteiger partial charge in [0.1, 0.15) is 5.60 Å². The number of carbonyl (C=O) groups is 2. The number of rotatable bonds is 4. The van der Waals surface area contributed by atoms with Crippen LogP contribution in [0.3, 0.4) is 0 Å². The molecule has 1 N–H and O–H groups in total. The van der Waals surface area contributed by atoms with E-state index < -0.39 is 17.1 Å². The summed E-state index contributed by atoms with van der Waals surface area (Å²) < 4.78 is 5.16. The van der Waals surface area contributed by atoms with Crippen molar-refractivity contribution in [2.24, 2.45) is 5.41 Å². The van der Waals surface area contributed by atoms with Gasteiger partial charge in [-0.2, -0.15) is 0 Å². The molecule has 0 saturated heterocycles.